The van der Waals surface area contributed by atoms with Crippen molar-refractivity contribution in [3.05, 3.63) is 65.2 Å². The van der Waals surface area contributed by atoms with Crippen LogP contribution in [0.15, 0.2) is 54.6 Å². The van der Waals surface area contributed by atoms with Crippen LogP contribution in [0.3, 0.4) is 0 Å². The molecule has 4 nitrogen and oxygen atoms in total. The molecule has 0 aromatic heterocycles. The second-order valence-electron chi connectivity index (χ2n) is 6.37. The Labute approximate surface area is 165 Å². The fraction of sp³-hybridized carbons (Fsp3) is 0.350. The number of hydrogen-bond acceptors (Lipinski definition) is 3. The van der Waals surface area contributed by atoms with E-state index in [0.29, 0.717) is 10.1 Å². The number of thiocarbonyl (C=S) groups is 1. The van der Waals surface area contributed by atoms with Crippen LogP contribution >= 0.6 is 23.8 Å². The van der Waals surface area contributed by atoms with Gasteiger partial charge in [0, 0.05) is 19.1 Å². The molecule has 138 valence electrons. The van der Waals surface area contributed by atoms with Gasteiger partial charge in [-0.15, -0.1) is 0 Å². The van der Waals surface area contributed by atoms with Gasteiger partial charge in [-0.3, -0.25) is 4.90 Å². The third-order valence-corrected chi connectivity index (χ3v) is 5.08. The molecule has 1 aliphatic rings. The molecule has 26 heavy (non-hydrogen) atoms. The molecule has 2 aromatic carbocycles. The normalized spacial score (nSPS) is 17.3. The van der Waals surface area contributed by atoms with Gasteiger partial charge in [-0.1, -0.05) is 54.1 Å². The quantitative estimate of drug-likeness (QED) is 0.753. The Hall–Kier alpha value is -1.66. The number of nitrogens with one attached hydrogen (secondary N) is 2. The van der Waals surface area contributed by atoms with Gasteiger partial charge in [0.15, 0.2) is 5.11 Å². The zero-order chi connectivity index (χ0) is 18.4. The van der Waals surface area contributed by atoms with Crippen molar-refractivity contribution in [3.8, 4) is 0 Å². The van der Waals surface area contributed by atoms with Gasteiger partial charge < -0.3 is 15.4 Å². The zero-order valence-corrected chi connectivity index (χ0v) is 16.4. The van der Waals surface area contributed by atoms with Crippen molar-refractivity contribution in [2.45, 2.75) is 19.0 Å². The number of rotatable bonds is 5. The first-order valence-corrected chi connectivity index (χ1v) is 9.62. The molecule has 0 spiro atoms. The molecule has 2 aromatic rings. The lowest BCUT2D eigenvalue weighted by Crippen LogP contribution is -2.49. The highest BCUT2D eigenvalue weighted by Crippen LogP contribution is 2.26. The summed E-state index contributed by atoms with van der Waals surface area (Å²) in [5.41, 5.74) is 2.08. The lowest BCUT2D eigenvalue weighted by atomic mass is 9.98. The van der Waals surface area contributed by atoms with E-state index in [-0.39, 0.29) is 12.1 Å². The molecule has 0 radical (unpaired) electrons. The van der Waals surface area contributed by atoms with Gasteiger partial charge in [0.05, 0.1) is 30.0 Å². The minimum Gasteiger partial charge on any atom is -0.379 e. The number of morpholine rings is 1. The second-order valence-corrected chi connectivity index (χ2v) is 7.19. The third kappa shape index (κ3) is 4.95. The molecule has 2 atom stereocenters. The number of hydrogen-bond donors (Lipinski definition) is 2. The molecule has 2 N–H and O–H groups in total. The molecule has 1 saturated heterocycles. The topological polar surface area (TPSA) is 36.5 Å². The first kappa shape index (κ1) is 19.1. The molecule has 0 amide bonds. The Kier molecular flexibility index (Phi) is 6.86. The van der Waals surface area contributed by atoms with Crippen molar-refractivity contribution in [2.24, 2.45) is 0 Å². The zero-order valence-electron chi connectivity index (χ0n) is 14.8. The average molecular weight is 390 g/mol. The molecule has 0 bridgehead atoms. The van der Waals surface area contributed by atoms with Crippen LogP contribution in [0.25, 0.3) is 0 Å². The standard InChI is InChI=1S/C20H24ClN3OS/c1-15(22-20(26)23-18-10-6-5-9-17(18)21)19(16-7-3-2-4-8-16)24-11-13-25-14-12-24/h2-10,15,19H,11-14H2,1H3,(H2,22,23,26)/t15-,19+/m1/s1. The molecular formula is C20H24ClN3OS. The number of para-hydroxylation sites is 1. The number of ether oxygens (including phenoxy) is 1. The minimum atomic E-state index is 0.123. The summed E-state index contributed by atoms with van der Waals surface area (Å²) in [7, 11) is 0. The molecule has 0 aliphatic carbocycles. The minimum absolute atomic E-state index is 0.123. The van der Waals surface area contributed by atoms with Gasteiger partial charge in [-0.2, -0.15) is 0 Å². The maximum Gasteiger partial charge on any atom is 0.171 e. The number of nitrogens with zero attached hydrogens (tertiary/aromatic N) is 1. The van der Waals surface area contributed by atoms with E-state index in [0.717, 1.165) is 32.0 Å². The number of anilines is 1. The van der Waals surface area contributed by atoms with E-state index in [1.165, 1.54) is 5.56 Å². The van der Waals surface area contributed by atoms with Gasteiger partial charge in [0.1, 0.15) is 0 Å². The van der Waals surface area contributed by atoms with Crippen molar-refractivity contribution >= 4 is 34.6 Å². The van der Waals surface area contributed by atoms with Gasteiger partial charge in [-0.05, 0) is 36.8 Å². The highest BCUT2D eigenvalue weighted by atomic mass is 35.5. The SMILES string of the molecule is C[C@@H](NC(=S)Nc1ccccc1Cl)[C@@H](c1ccccc1)N1CCOCC1. The van der Waals surface area contributed by atoms with Gasteiger partial charge >= 0.3 is 0 Å². The average Bonchev–Trinajstić information content (AvgIpc) is 2.65. The Bertz CT molecular complexity index is 722. The molecule has 1 aliphatic heterocycles. The van der Waals surface area contributed by atoms with Gasteiger partial charge in [0.2, 0.25) is 0 Å². The summed E-state index contributed by atoms with van der Waals surface area (Å²) in [6, 6.07) is 18.5. The van der Waals surface area contributed by atoms with E-state index in [9.17, 15) is 0 Å². The second kappa shape index (κ2) is 9.33. The highest BCUT2D eigenvalue weighted by molar-refractivity contribution is 7.80. The largest absolute Gasteiger partial charge is 0.379 e. The van der Waals surface area contributed by atoms with Crippen molar-refractivity contribution in [1.29, 1.82) is 0 Å². The lowest BCUT2D eigenvalue weighted by Gasteiger charge is -2.38. The fourth-order valence-electron chi connectivity index (χ4n) is 3.33. The van der Waals surface area contributed by atoms with E-state index >= 15 is 0 Å². The molecule has 1 heterocycles. The summed E-state index contributed by atoms with van der Waals surface area (Å²) in [6.07, 6.45) is 0. The van der Waals surface area contributed by atoms with Crippen LogP contribution < -0.4 is 10.6 Å². The van der Waals surface area contributed by atoms with Gasteiger partial charge in [-0.25, -0.2) is 0 Å². The van der Waals surface area contributed by atoms with Crippen molar-refractivity contribution < 1.29 is 4.74 Å². The highest BCUT2D eigenvalue weighted by Gasteiger charge is 2.28. The first-order valence-electron chi connectivity index (χ1n) is 8.84. The summed E-state index contributed by atoms with van der Waals surface area (Å²) in [6.45, 7) is 5.51. The summed E-state index contributed by atoms with van der Waals surface area (Å²) >= 11 is 11.7. The Morgan fingerprint density at radius 1 is 1.08 bits per heavy atom. The molecular weight excluding hydrogens is 366 g/mol. The molecule has 1 fully saturated rings. The molecule has 0 saturated carbocycles. The number of halogens is 1. The van der Waals surface area contributed by atoms with E-state index in [4.69, 9.17) is 28.6 Å². The van der Waals surface area contributed by atoms with Gasteiger partial charge in [0.25, 0.3) is 0 Å². The Morgan fingerprint density at radius 3 is 2.42 bits per heavy atom. The third-order valence-electron chi connectivity index (χ3n) is 4.53. The smallest absolute Gasteiger partial charge is 0.171 e. The molecule has 3 rings (SSSR count). The van der Waals surface area contributed by atoms with Crippen LogP contribution in [0.4, 0.5) is 5.69 Å². The fourth-order valence-corrected chi connectivity index (χ4v) is 3.81. The van der Waals surface area contributed by atoms with E-state index in [2.05, 4.69) is 46.7 Å². The van der Waals surface area contributed by atoms with Crippen LogP contribution in [0.2, 0.25) is 5.02 Å². The summed E-state index contributed by atoms with van der Waals surface area (Å²) in [5, 5.41) is 7.85. The predicted octanol–water partition coefficient (Wildman–Crippen LogP) is 4.09. The predicted molar refractivity (Wildman–Crippen MR) is 112 cm³/mol. The molecule has 0 unspecified atom stereocenters. The van der Waals surface area contributed by atoms with E-state index in [1.807, 2.05) is 30.3 Å². The van der Waals surface area contributed by atoms with Crippen LogP contribution in [0, 0.1) is 0 Å². The van der Waals surface area contributed by atoms with Crippen molar-refractivity contribution in [3.63, 3.8) is 0 Å². The van der Waals surface area contributed by atoms with Crippen molar-refractivity contribution in [2.75, 3.05) is 31.6 Å². The number of benzene rings is 2. The Balaban J connectivity index is 1.71. The summed E-state index contributed by atoms with van der Waals surface area (Å²) in [4.78, 5) is 2.45. The van der Waals surface area contributed by atoms with Crippen molar-refractivity contribution in [1.82, 2.24) is 10.2 Å². The van der Waals surface area contributed by atoms with E-state index < -0.39 is 0 Å². The van der Waals surface area contributed by atoms with Crippen LogP contribution in [0.5, 0.6) is 0 Å². The lowest BCUT2D eigenvalue weighted by molar-refractivity contribution is 0.0102. The summed E-state index contributed by atoms with van der Waals surface area (Å²) in [5.74, 6) is 0. The van der Waals surface area contributed by atoms with Crippen LogP contribution in [0.1, 0.15) is 18.5 Å². The van der Waals surface area contributed by atoms with E-state index in [1.54, 1.807) is 0 Å². The maximum absolute atomic E-state index is 6.21. The monoisotopic (exact) mass is 389 g/mol. The van der Waals surface area contributed by atoms with Crippen LogP contribution in [-0.2, 0) is 4.74 Å². The summed E-state index contributed by atoms with van der Waals surface area (Å²) < 4.78 is 5.52. The first-order chi connectivity index (χ1) is 12.6. The maximum atomic E-state index is 6.21. The molecule has 6 heteroatoms. The van der Waals surface area contributed by atoms with Crippen LogP contribution in [-0.4, -0.2) is 42.4 Å². The Morgan fingerprint density at radius 2 is 1.73 bits per heavy atom.